The topological polar surface area (TPSA) is 375 Å². The number of nitrogens with two attached hydrogens (primary N) is 1. The molecule has 0 spiro atoms. The van der Waals surface area contributed by atoms with E-state index in [1.54, 1.807) is 60.7 Å². The first-order chi connectivity index (χ1) is 50.3. The van der Waals surface area contributed by atoms with Crippen molar-refractivity contribution in [1.82, 2.24) is 47.5 Å². The van der Waals surface area contributed by atoms with Gasteiger partial charge in [-0.3, -0.25) is 43.2 Å². The molecule has 0 radical (unpaired) electrons. The third-order valence-corrected chi connectivity index (χ3v) is 17.8. The zero-order valence-corrected chi connectivity index (χ0v) is 59.8. The minimum absolute atomic E-state index is 0.0114. The SMILES string of the molecule is CC(C)C[C@H](NC(=O)[C@H](C)NC(=O)OCC1c2ccccc2-c2ccccc21)C(=O)N[C@@H](C)C(=O)N[C@@H](Cc1ccccc1)C(=O)Nc1cc(OCC(N)=O)cc(NC(=O)[C@H](Cc2ccccc2)NC(=O)[C@H](C)NC(=O)[C@H](CC(C)C)NC(=O)[C@H](C)NC(=O)OCC2c3ccccc3-c3ccccc32)n1. The van der Waals surface area contributed by atoms with Gasteiger partial charge in [-0.05, 0) is 108 Å². The van der Waals surface area contributed by atoms with Crippen LogP contribution in [-0.4, -0.2) is 138 Å². The molecule has 9 rings (SSSR count). The van der Waals surface area contributed by atoms with E-state index in [0.29, 0.717) is 11.1 Å². The summed E-state index contributed by atoms with van der Waals surface area (Å²) in [6.45, 7) is 12.4. The molecule has 26 nitrogen and oxygen atoms in total. The van der Waals surface area contributed by atoms with Crippen LogP contribution in [0, 0.1) is 11.8 Å². The number of anilines is 2. The number of pyridine rings is 1. The first-order valence-electron chi connectivity index (χ1n) is 35.0. The van der Waals surface area contributed by atoms with Crippen molar-refractivity contribution in [2.45, 2.75) is 141 Å². The van der Waals surface area contributed by atoms with Gasteiger partial charge in [0, 0.05) is 36.8 Å². The number of rotatable bonds is 33. The molecule has 26 heteroatoms. The van der Waals surface area contributed by atoms with Gasteiger partial charge in [0.25, 0.3) is 5.91 Å². The van der Waals surface area contributed by atoms with Crippen LogP contribution < -0.4 is 63.6 Å². The molecule has 6 aromatic carbocycles. The molecule has 0 aliphatic heterocycles. The number of ether oxygens (including phenoxy) is 3. The van der Waals surface area contributed by atoms with E-state index < -0.39 is 120 Å². The summed E-state index contributed by atoms with van der Waals surface area (Å²) in [7, 11) is 0. The molecular formula is C79H90N12O14. The van der Waals surface area contributed by atoms with E-state index in [2.05, 4.69) is 58.2 Å². The summed E-state index contributed by atoms with van der Waals surface area (Å²) in [4.78, 5) is 156. The maximum atomic E-state index is 14.6. The quantitative estimate of drug-likeness (QED) is 0.0194. The molecule has 1 aromatic heterocycles. The Morgan fingerprint density at radius 2 is 0.676 bits per heavy atom. The first-order valence-corrected chi connectivity index (χ1v) is 35.0. The Hall–Kier alpha value is -12.0. The second-order valence-electron chi connectivity index (χ2n) is 27.0. The van der Waals surface area contributed by atoms with Crippen molar-refractivity contribution in [3.63, 3.8) is 0 Å². The summed E-state index contributed by atoms with van der Waals surface area (Å²) < 4.78 is 16.9. The Morgan fingerprint density at radius 3 is 1.00 bits per heavy atom. The van der Waals surface area contributed by atoms with Crippen molar-refractivity contribution in [2.24, 2.45) is 17.6 Å². The van der Waals surface area contributed by atoms with E-state index in [-0.39, 0.29) is 80.0 Å². The molecule has 0 bridgehead atoms. The van der Waals surface area contributed by atoms with Crippen molar-refractivity contribution in [3.8, 4) is 28.0 Å². The Balaban J connectivity index is 0.821. The second kappa shape index (κ2) is 36.3. The molecule has 2 aliphatic rings. The average Bonchev–Trinajstić information content (AvgIpc) is 1.62. The number of benzene rings is 6. The van der Waals surface area contributed by atoms with Gasteiger partial charge in [0.05, 0.1) is 0 Å². The molecule has 2 aliphatic carbocycles. The number of amides is 11. The number of aromatic nitrogens is 1. The minimum atomic E-state index is -1.36. The average molecular weight is 1430 g/mol. The van der Waals surface area contributed by atoms with Crippen molar-refractivity contribution in [2.75, 3.05) is 30.5 Å². The number of carbonyl (C=O) groups excluding carboxylic acids is 11. The fraction of sp³-hybridized carbons (Fsp3) is 0.342. The number of carbonyl (C=O) groups is 11. The Labute approximate surface area is 609 Å². The van der Waals surface area contributed by atoms with Crippen LogP contribution in [0.3, 0.4) is 0 Å². The lowest BCUT2D eigenvalue weighted by Crippen LogP contribution is -2.57. The minimum Gasteiger partial charge on any atom is -0.484 e. The molecule has 11 amide bonds. The van der Waals surface area contributed by atoms with Gasteiger partial charge in [-0.15, -0.1) is 0 Å². The van der Waals surface area contributed by atoms with E-state index in [0.717, 1.165) is 44.5 Å². The molecule has 8 atom stereocenters. The zero-order chi connectivity index (χ0) is 75.4. The van der Waals surface area contributed by atoms with Crippen LogP contribution in [0.15, 0.2) is 170 Å². The van der Waals surface area contributed by atoms with Gasteiger partial charge in [0.1, 0.15) is 78.9 Å². The standard InChI is InChI=1S/C79H90N12O14/c1-44(2)35-63(85-72(95)48(7)83-78(101)104-41-61-57-31-19-15-27-53(57)54-28-16-20-32-58(54)61)74(97)81-46(5)70(93)87-65(37-50-23-11-9-12-24-50)76(99)90-68-39-52(103-43-67(80)92)40-69(89-68)91-77(100)66(38-51-25-13-10-14-26-51)88-71(94)47(6)82-75(98)64(36-45(3)4)86-73(96)49(8)84-79(102)105-42-62-59-33-21-17-29-55(59)56-30-18-22-34-60(56)62/h9-34,39-40,44-49,61-66H,35-38,41-43H2,1-8H3,(H2,80,92)(H,81,97)(H,82,98)(H,83,101)(H,84,102)(H,85,95)(H,86,96)(H,87,93)(H,88,94)(H2,89,90,91,99,100)/t46-,47-,48-,49-,63-,64-,65-,66-/m0/s1. The smallest absolute Gasteiger partial charge is 0.407 e. The van der Waals surface area contributed by atoms with Crippen LogP contribution >= 0.6 is 0 Å². The monoisotopic (exact) mass is 1430 g/mol. The van der Waals surface area contributed by atoms with Gasteiger partial charge in [0.15, 0.2) is 6.61 Å². The van der Waals surface area contributed by atoms with Crippen LogP contribution in [-0.2, 0) is 65.5 Å². The van der Waals surface area contributed by atoms with Crippen LogP contribution in [0.2, 0.25) is 0 Å². The van der Waals surface area contributed by atoms with E-state index >= 15 is 0 Å². The number of primary amides is 1. The molecular weight excluding hydrogens is 1340 g/mol. The maximum absolute atomic E-state index is 14.6. The van der Waals surface area contributed by atoms with Gasteiger partial charge < -0.3 is 73.1 Å². The highest BCUT2D eigenvalue weighted by Gasteiger charge is 2.35. The molecule has 105 heavy (non-hydrogen) atoms. The fourth-order valence-corrected chi connectivity index (χ4v) is 12.5. The normalized spacial score (nSPS) is 14.2. The molecule has 0 saturated heterocycles. The van der Waals surface area contributed by atoms with Gasteiger partial charge in [-0.1, -0.05) is 185 Å². The van der Waals surface area contributed by atoms with Crippen molar-refractivity contribution < 1.29 is 67.0 Å². The van der Waals surface area contributed by atoms with Crippen molar-refractivity contribution in [3.05, 3.63) is 203 Å². The van der Waals surface area contributed by atoms with Gasteiger partial charge in [0.2, 0.25) is 47.3 Å². The Morgan fingerprint density at radius 1 is 0.371 bits per heavy atom. The fourth-order valence-electron chi connectivity index (χ4n) is 12.5. The van der Waals surface area contributed by atoms with Gasteiger partial charge in [-0.25, -0.2) is 14.6 Å². The maximum Gasteiger partial charge on any atom is 0.407 e. The lowest BCUT2D eigenvalue weighted by Gasteiger charge is -2.25. The van der Waals surface area contributed by atoms with Crippen molar-refractivity contribution in [1.29, 1.82) is 0 Å². The first kappa shape index (κ1) is 77.2. The van der Waals surface area contributed by atoms with E-state index in [9.17, 15) is 52.7 Å². The number of hydrogen-bond donors (Lipinski definition) is 11. The molecule has 0 unspecified atom stereocenters. The van der Waals surface area contributed by atoms with Gasteiger partial charge in [-0.2, -0.15) is 0 Å². The molecule has 7 aromatic rings. The summed E-state index contributed by atoms with van der Waals surface area (Å²) in [5, 5.41) is 26.6. The summed E-state index contributed by atoms with van der Waals surface area (Å²) in [6.07, 6.45) is -1.57. The third kappa shape index (κ3) is 21.3. The Bertz CT molecular complexity index is 3960. The molecule has 12 N–H and O–H groups in total. The lowest BCUT2D eigenvalue weighted by molar-refractivity contribution is -0.133. The van der Waals surface area contributed by atoms with Crippen LogP contribution in [0.5, 0.6) is 5.75 Å². The van der Waals surface area contributed by atoms with E-state index in [1.165, 1.54) is 39.8 Å². The highest BCUT2D eigenvalue weighted by Crippen LogP contribution is 2.46. The lowest BCUT2D eigenvalue weighted by atomic mass is 9.98. The summed E-state index contributed by atoms with van der Waals surface area (Å²) in [5.41, 5.74) is 14.9. The molecule has 0 saturated carbocycles. The largest absolute Gasteiger partial charge is 0.484 e. The summed E-state index contributed by atoms with van der Waals surface area (Å²) >= 11 is 0. The zero-order valence-electron chi connectivity index (χ0n) is 59.8. The van der Waals surface area contributed by atoms with Crippen LogP contribution in [0.1, 0.15) is 113 Å². The highest BCUT2D eigenvalue weighted by atomic mass is 16.6. The number of hydrogen-bond acceptors (Lipinski definition) is 15. The number of nitrogens with zero attached hydrogens (tertiary/aromatic N) is 1. The number of alkyl carbamates (subject to hydrolysis) is 2. The van der Waals surface area contributed by atoms with Crippen LogP contribution in [0.25, 0.3) is 22.3 Å². The molecule has 550 valence electrons. The van der Waals surface area contributed by atoms with E-state index in [1.807, 2.05) is 125 Å². The van der Waals surface area contributed by atoms with Gasteiger partial charge >= 0.3 is 12.2 Å². The molecule has 1 heterocycles. The van der Waals surface area contributed by atoms with E-state index in [4.69, 9.17) is 19.9 Å². The third-order valence-electron chi connectivity index (χ3n) is 17.8. The summed E-state index contributed by atoms with van der Waals surface area (Å²) in [5.74, 6) is -8.24. The van der Waals surface area contributed by atoms with Crippen molar-refractivity contribution >= 4 is 77.0 Å². The predicted molar refractivity (Wildman–Crippen MR) is 394 cm³/mol. The summed E-state index contributed by atoms with van der Waals surface area (Å²) in [6, 6.07) is 41.4. The predicted octanol–water partition coefficient (Wildman–Crippen LogP) is 7.20. The Kier molecular flexibility index (Phi) is 26.7. The second-order valence-corrected chi connectivity index (χ2v) is 27.0. The highest BCUT2D eigenvalue weighted by molar-refractivity contribution is 6.01. The molecule has 0 fully saturated rings. The number of fused-ring (bicyclic) bond motifs is 6. The van der Waals surface area contributed by atoms with Crippen LogP contribution in [0.4, 0.5) is 21.2 Å². The number of nitrogens with one attached hydrogen (secondary N) is 10.